The summed E-state index contributed by atoms with van der Waals surface area (Å²) in [5.41, 5.74) is 1.22. The highest BCUT2D eigenvalue weighted by atomic mass is 79.9. The van der Waals surface area contributed by atoms with Gasteiger partial charge in [-0.05, 0) is 40.0 Å². The Bertz CT molecular complexity index is 539. The molecule has 0 atom stereocenters. The van der Waals surface area contributed by atoms with E-state index in [-0.39, 0.29) is 0 Å². The van der Waals surface area contributed by atoms with Crippen LogP contribution in [0.25, 0.3) is 0 Å². The second-order valence-corrected chi connectivity index (χ2v) is 6.11. The number of hydrogen-bond donors (Lipinski definition) is 0. The monoisotopic (exact) mass is 334 g/mol. The Labute approximate surface area is 126 Å². The molecule has 0 radical (unpaired) electrons. The van der Waals surface area contributed by atoms with Crippen molar-refractivity contribution in [2.24, 2.45) is 0 Å². The van der Waals surface area contributed by atoms with E-state index < -0.39 is 0 Å². The summed E-state index contributed by atoms with van der Waals surface area (Å²) in [6, 6.07) is 18.1. The van der Waals surface area contributed by atoms with Gasteiger partial charge in [-0.2, -0.15) is 0 Å². The fourth-order valence-electron chi connectivity index (χ4n) is 1.72. The molecular formula is C16H15BrOS. The molecule has 3 heteroatoms. The lowest BCUT2D eigenvalue weighted by atomic mass is 10.1. The molecule has 0 N–H and O–H groups in total. The number of rotatable bonds is 6. The van der Waals surface area contributed by atoms with Gasteiger partial charge in [0.15, 0.2) is 0 Å². The Morgan fingerprint density at radius 2 is 1.68 bits per heavy atom. The summed E-state index contributed by atoms with van der Waals surface area (Å²) in [6.07, 6.45) is 1.44. The first-order chi connectivity index (χ1) is 9.25. The van der Waals surface area contributed by atoms with Crippen molar-refractivity contribution in [2.75, 3.05) is 5.75 Å². The van der Waals surface area contributed by atoms with Crippen molar-refractivity contribution in [3.8, 4) is 0 Å². The van der Waals surface area contributed by atoms with Crippen molar-refractivity contribution in [3.05, 3.63) is 64.6 Å². The minimum absolute atomic E-state index is 0.296. The maximum atomic E-state index is 11.9. The molecule has 0 amide bonds. The minimum Gasteiger partial charge on any atom is -0.299 e. The van der Waals surface area contributed by atoms with Crippen LogP contribution in [-0.2, 0) is 11.2 Å². The predicted molar refractivity (Wildman–Crippen MR) is 84.6 cm³/mol. The molecule has 19 heavy (non-hydrogen) atoms. The van der Waals surface area contributed by atoms with Gasteiger partial charge in [-0.3, -0.25) is 4.79 Å². The summed E-state index contributed by atoms with van der Waals surface area (Å²) < 4.78 is 1.05. The summed E-state index contributed by atoms with van der Waals surface area (Å²) in [5, 5.41) is 0. The van der Waals surface area contributed by atoms with Crippen LogP contribution < -0.4 is 0 Å². The van der Waals surface area contributed by atoms with Crippen molar-refractivity contribution in [3.63, 3.8) is 0 Å². The Balaban J connectivity index is 1.78. The van der Waals surface area contributed by atoms with Gasteiger partial charge in [-0.15, -0.1) is 11.8 Å². The van der Waals surface area contributed by atoms with Gasteiger partial charge in [0.05, 0.1) is 5.75 Å². The molecule has 2 rings (SSSR count). The van der Waals surface area contributed by atoms with E-state index in [9.17, 15) is 4.79 Å². The Morgan fingerprint density at radius 3 is 2.42 bits per heavy atom. The molecule has 0 saturated carbocycles. The average molecular weight is 335 g/mol. The number of benzene rings is 2. The van der Waals surface area contributed by atoms with Gasteiger partial charge in [-0.1, -0.05) is 42.5 Å². The third-order valence-corrected chi connectivity index (χ3v) is 4.85. The zero-order valence-corrected chi connectivity index (χ0v) is 12.9. The van der Waals surface area contributed by atoms with Crippen LogP contribution in [0.3, 0.4) is 0 Å². The van der Waals surface area contributed by atoms with Gasteiger partial charge < -0.3 is 0 Å². The lowest BCUT2D eigenvalue weighted by Gasteiger charge is -2.04. The normalized spacial score (nSPS) is 10.4. The zero-order chi connectivity index (χ0) is 13.5. The fraction of sp³-hybridized carbons (Fsp3) is 0.188. The number of aryl methyl sites for hydroxylation is 1. The highest BCUT2D eigenvalue weighted by Crippen LogP contribution is 2.27. The SMILES string of the molecule is O=C(CCc1ccccc1)CSc1ccccc1Br. The zero-order valence-electron chi connectivity index (χ0n) is 10.5. The molecule has 2 aromatic carbocycles. The lowest BCUT2D eigenvalue weighted by molar-refractivity contribution is -0.116. The number of Topliss-reactive ketones (excluding diaryl/α,β-unsaturated/α-hetero) is 1. The number of hydrogen-bond acceptors (Lipinski definition) is 2. The molecule has 1 nitrogen and oxygen atoms in total. The molecule has 0 unspecified atom stereocenters. The van der Waals surface area contributed by atoms with E-state index in [2.05, 4.69) is 28.1 Å². The van der Waals surface area contributed by atoms with E-state index in [0.29, 0.717) is 18.0 Å². The van der Waals surface area contributed by atoms with Gasteiger partial charge in [0, 0.05) is 15.8 Å². The van der Waals surface area contributed by atoms with Crippen LogP contribution in [0.5, 0.6) is 0 Å². The van der Waals surface area contributed by atoms with Gasteiger partial charge in [-0.25, -0.2) is 0 Å². The maximum absolute atomic E-state index is 11.9. The van der Waals surface area contributed by atoms with Crippen LogP contribution in [-0.4, -0.2) is 11.5 Å². The minimum atomic E-state index is 0.296. The summed E-state index contributed by atoms with van der Waals surface area (Å²) in [5.74, 6) is 0.833. The van der Waals surface area contributed by atoms with Gasteiger partial charge in [0.25, 0.3) is 0 Å². The summed E-state index contributed by atoms with van der Waals surface area (Å²) in [6.45, 7) is 0. The summed E-state index contributed by atoms with van der Waals surface area (Å²) in [7, 11) is 0. The van der Waals surface area contributed by atoms with Crippen LogP contribution in [0.1, 0.15) is 12.0 Å². The molecular weight excluding hydrogens is 320 g/mol. The fourth-order valence-corrected chi connectivity index (χ4v) is 3.19. The Hall–Kier alpha value is -1.06. The third kappa shape index (κ3) is 4.84. The molecule has 0 aliphatic carbocycles. The average Bonchev–Trinajstić information content (AvgIpc) is 2.45. The first-order valence-electron chi connectivity index (χ1n) is 6.18. The summed E-state index contributed by atoms with van der Waals surface area (Å²) >= 11 is 5.08. The van der Waals surface area contributed by atoms with E-state index in [1.807, 2.05) is 42.5 Å². The van der Waals surface area contributed by atoms with Crippen molar-refractivity contribution < 1.29 is 4.79 Å². The molecule has 0 aliphatic rings. The molecule has 98 valence electrons. The van der Waals surface area contributed by atoms with Crippen molar-refractivity contribution in [1.29, 1.82) is 0 Å². The van der Waals surface area contributed by atoms with Crippen LogP contribution in [0.15, 0.2) is 64.0 Å². The molecule has 0 aromatic heterocycles. The highest BCUT2D eigenvalue weighted by Gasteiger charge is 2.05. The molecule has 0 fully saturated rings. The maximum Gasteiger partial charge on any atom is 0.143 e. The standard InChI is InChI=1S/C16H15BrOS/c17-15-8-4-5-9-16(15)19-12-14(18)11-10-13-6-2-1-3-7-13/h1-9H,10-12H2. The second kappa shape index (κ2) is 7.51. The molecule has 0 heterocycles. The van der Waals surface area contributed by atoms with Crippen molar-refractivity contribution >= 4 is 33.5 Å². The third-order valence-electron chi connectivity index (χ3n) is 2.76. The van der Waals surface area contributed by atoms with E-state index >= 15 is 0 Å². The number of halogens is 1. The van der Waals surface area contributed by atoms with Gasteiger partial charge in [0.2, 0.25) is 0 Å². The van der Waals surface area contributed by atoms with Crippen LogP contribution in [0, 0.1) is 0 Å². The van der Waals surface area contributed by atoms with Crippen molar-refractivity contribution in [2.45, 2.75) is 17.7 Å². The van der Waals surface area contributed by atoms with E-state index in [0.717, 1.165) is 15.8 Å². The molecule has 0 saturated heterocycles. The van der Waals surface area contributed by atoms with Crippen LogP contribution in [0.2, 0.25) is 0 Å². The first kappa shape index (κ1) is 14.4. The number of carbonyl (C=O) groups excluding carboxylic acids is 1. The Morgan fingerprint density at radius 1 is 1.00 bits per heavy atom. The van der Waals surface area contributed by atoms with E-state index in [1.165, 1.54) is 5.56 Å². The Kier molecular flexibility index (Phi) is 5.67. The lowest BCUT2D eigenvalue weighted by Crippen LogP contribution is -2.03. The second-order valence-electron chi connectivity index (χ2n) is 4.24. The highest BCUT2D eigenvalue weighted by molar-refractivity contribution is 9.10. The molecule has 0 bridgehead atoms. The number of carbonyl (C=O) groups is 1. The molecule has 2 aromatic rings. The van der Waals surface area contributed by atoms with Gasteiger partial charge in [0.1, 0.15) is 5.78 Å². The van der Waals surface area contributed by atoms with E-state index in [4.69, 9.17) is 0 Å². The van der Waals surface area contributed by atoms with Gasteiger partial charge >= 0.3 is 0 Å². The van der Waals surface area contributed by atoms with Crippen LogP contribution >= 0.6 is 27.7 Å². The largest absolute Gasteiger partial charge is 0.299 e. The smallest absolute Gasteiger partial charge is 0.143 e. The number of ketones is 1. The van der Waals surface area contributed by atoms with E-state index in [1.54, 1.807) is 11.8 Å². The van der Waals surface area contributed by atoms with Crippen LogP contribution in [0.4, 0.5) is 0 Å². The summed E-state index contributed by atoms with van der Waals surface area (Å²) in [4.78, 5) is 13.0. The molecule has 0 spiro atoms. The topological polar surface area (TPSA) is 17.1 Å². The quantitative estimate of drug-likeness (QED) is 0.709. The predicted octanol–water partition coefficient (Wildman–Crippen LogP) is 4.74. The first-order valence-corrected chi connectivity index (χ1v) is 7.96. The number of thioether (sulfide) groups is 1. The van der Waals surface area contributed by atoms with Crippen molar-refractivity contribution in [1.82, 2.24) is 0 Å². The molecule has 0 aliphatic heterocycles.